The second-order valence-corrected chi connectivity index (χ2v) is 11.5. The number of fused-ring (bicyclic) bond motifs is 1. The van der Waals surface area contributed by atoms with Crippen molar-refractivity contribution >= 4 is 27.0 Å². The Labute approximate surface area is 196 Å². The van der Waals surface area contributed by atoms with Crippen molar-refractivity contribution in [3.05, 3.63) is 47.5 Å². The van der Waals surface area contributed by atoms with Crippen molar-refractivity contribution in [1.29, 1.82) is 0 Å². The van der Waals surface area contributed by atoms with Crippen molar-refractivity contribution < 1.29 is 31.1 Å². The number of carbonyl (C=O) groups is 1. The number of halogens is 2. The SMILES string of the molecule is CC(C)(C)OC(=O)N1CCC(c2cc(F)c3oc(-c4ccc(S(C)(=O)=O)cc4F)nc3c2)CC1. The van der Waals surface area contributed by atoms with Crippen LogP contribution >= 0.6 is 0 Å². The van der Waals surface area contributed by atoms with Crippen LogP contribution in [0.2, 0.25) is 0 Å². The van der Waals surface area contributed by atoms with Crippen LogP contribution < -0.4 is 0 Å². The molecule has 10 heteroatoms. The van der Waals surface area contributed by atoms with E-state index in [2.05, 4.69) is 4.98 Å². The van der Waals surface area contributed by atoms with E-state index in [1.807, 2.05) is 20.8 Å². The van der Waals surface area contributed by atoms with Gasteiger partial charge in [-0.3, -0.25) is 0 Å². The summed E-state index contributed by atoms with van der Waals surface area (Å²) in [5.74, 6) is -1.56. The molecule has 34 heavy (non-hydrogen) atoms. The predicted octanol–water partition coefficient (Wildman–Crippen LogP) is 5.29. The highest BCUT2D eigenvalue weighted by Gasteiger charge is 2.28. The molecule has 0 atom stereocenters. The molecule has 1 amide bonds. The Morgan fingerprint density at radius 1 is 1.12 bits per heavy atom. The number of hydrogen-bond donors (Lipinski definition) is 0. The van der Waals surface area contributed by atoms with Crippen LogP contribution in [0.1, 0.15) is 45.1 Å². The van der Waals surface area contributed by atoms with Crippen molar-refractivity contribution in [1.82, 2.24) is 9.88 Å². The number of ether oxygens (including phenoxy) is 1. The molecule has 1 aromatic heterocycles. The van der Waals surface area contributed by atoms with Gasteiger partial charge in [0.1, 0.15) is 16.9 Å². The first-order valence-corrected chi connectivity index (χ1v) is 12.8. The zero-order chi connectivity index (χ0) is 24.8. The summed E-state index contributed by atoms with van der Waals surface area (Å²) in [6, 6.07) is 6.49. The van der Waals surface area contributed by atoms with E-state index in [1.165, 1.54) is 18.2 Å². The number of sulfone groups is 1. The molecule has 0 spiro atoms. The first kappa shape index (κ1) is 24.1. The molecule has 2 aromatic carbocycles. The Morgan fingerprint density at radius 3 is 2.38 bits per heavy atom. The number of aromatic nitrogens is 1. The third-order valence-electron chi connectivity index (χ3n) is 5.68. The molecule has 7 nitrogen and oxygen atoms in total. The normalized spacial score (nSPS) is 15.6. The van der Waals surface area contributed by atoms with Gasteiger partial charge >= 0.3 is 6.09 Å². The van der Waals surface area contributed by atoms with Gasteiger partial charge in [0.25, 0.3) is 0 Å². The van der Waals surface area contributed by atoms with Gasteiger partial charge in [0.05, 0.1) is 10.5 Å². The Hall–Kier alpha value is -3.01. The third-order valence-corrected chi connectivity index (χ3v) is 6.79. The van der Waals surface area contributed by atoms with Crippen LogP contribution in [0.15, 0.2) is 39.6 Å². The van der Waals surface area contributed by atoms with Gasteiger partial charge in [0.2, 0.25) is 5.89 Å². The van der Waals surface area contributed by atoms with Crippen molar-refractivity contribution in [2.24, 2.45) is 0 Å². The minimum Gasteiger partial charge on any atom is -0.444 e. The van der Waals surface area contributed by atoms with Crippen molar-refractivity contribution in [3.8, 4) is 11.5 Å². The summed E-state index contributed by atoms with van der Waals surface area (Å²) in [5, 5.41) is 0. The van der Waals surface area contributed by atoms with E-state index in [4.69, 9.17) is 9.15 Å². The summed E-state index contributed by atoms with van der Waals surface area (Å²) in [6.45, 7) is 6.41. The quantitative estimate of drug-likeness (QED) is 0.494. The summed E-state index contributed by atoms with van der Waals surface area (Å²) in [6.07, 6.45) is 1.89. The average Bonchev–Trinajstić information content (AvgIpc) is 3.16. The average molecular weight is 493 g/mol. The number of nitrogens with zero attached hydrogens (tertiary/aromatic N) is 2. The number of hydrogen-bond acceptors (Lipinski definition) is 6. The van der Waals surface area contributed by atoms with Crippen LogP contribution in [0.25, 0.3) is 22.6 Å². The maximum atomic E-state index is 14.9. The molecule has 182 valence electrons. The van der Waals surface area contributed by atoms with Gasteiger partial charge in [0, 0.05) is 19.3 Å². The van der Waals surface area contributed by atoms with Crippen molar-refractivity contribution in [2.75, 3.05) is 19.3 Å². The lowest BCUT2D eigenvalue weighted by Crippen LogP contribution is -2.41. The molecule has 0 saturated carbocycles. The van der Waals surface area contributed by atoms with Gasteiger partial charge in [-0.2, -0.15) is 0 Å². The fourth-order valence-electron chi connectivity index (χ4n) is 3.98. The highest BCUT2D eigenvalue weighted by atomic mass is 32.2. The summed E-state index contributed by atoms with van der Waals surface area (Å²) in [4.78, 5) is 18.0. The van der Waals surface area contributed by atoms with Crippen LogP contribution in [0.4, 0.5) is 13.6 Å². The number of benzene rings is 2. The molecule has 1 fully saturated rings. The van der Waals surface area contributed by atoms with Crippen molar-refractivity contribution in [2.45, 2.75) is 50.0 Å². The number of carbonyl (C=O) groups excluding carboxylic acids is 1. The maximum absolute atomic E-state index is 14.9. The summed E-state index contributed by atoms with van der Waals surface area (Å²) in [7, 11) is -3.58. The summed E-state index contributed by atoms with van der Waals surface area (Å²) >= 11 is 0. The number of oxazole rings is 1. The highest BCUT2D eigenvalue weighted by Crippen LogP contribution is 2.34. The zero-order valence-corrected chi connectivity index (χ0v) is 20.2. The Balaban J connectivity index is 1.56. The van der Waals surface area contributed by atoms with Crippen LogP contribution in [-0.2, 0) is 14.6 Å². The van der Waals surface area contributed by atoms with Crippen LogP contribution in [0.5, 0.6) is 0 Å². The molecule has 3 aromatic rings. The van der Waals surface area contributed by atoms with E-state index in [-0.39, 0.29) is 39.5 Å². The lowest BCUT2D eigenvalue weighted by molar-refractivity contribution is 0.0204. The number of rotatable bonds is 3. The molecular weight excluding hydrogens is 466 g/mol. The molecule has 0 bridgehead atoms. The number of piperidine rings is 1. The van der Waals surface area contributed by atoms with Crippen LogP contribution in [-0.4, -0.2) is 49.3 Å². The van der Waals surface area contributed by atoms with E-state index >= 15 is 0 Å². The minimum absolute atomic E-state index is 0.0171. The van der Waals surface area contributed by atoms with Crippen molar-refractivity contribution in [3.63, 3.8) is 0 Å². The molecule has 0 radical (unpaired) electrons. The second-order valence-electron chi connectivity index (χ2n) is 9.53. The fourth-order valence-corrected chi connectivity index (χ4v) is 4.62. The zero-order valence-electron chi connectivity index (χ0n) is 19.4. The van der Waals surface area contributed by atoms with E-state index in [9.17, 15) is 22.0 Å². The topological polar surface area (TPSA) is 89.7 Å². The molecule has 1 saturated heterocycles. The largest absolute Gasteiger partial charge is 0.444 e. The monoisotopic (exact) mass is 492 g/mol. The molecule has 0 unspecified atom stereocenters. The van der Waals surface area contributed by atoms with E-state index in [1.54, 1.807) is 11.0 Å². The first-order valence-electron chi connectivity index (χ1n) is 10.9. The minimum atomic E-state index is -3.58. The van der Waals surface area contributed by atoms with Gasteiger partial charge in [-0.15, -0.1) is 0 Å². The number of likely N-dealkylation sites (tertiary alicyclic amines) is 1. The maximum Gasteiger partial charge on any atom is 0.410 e. The summed E-state index contributed by atoms with van der Waals surface area (Å²) < 4.78 is 63.6. The Morgan fingerprint density at radius 2 is 1.79 bits per heavy atom. The van der Waals surface area contributed by atoms with Crippen LogP contribution in [0, 0.1) is 11.6 Å². The van der Waals surface area contributed by atoms with Gasteiger partial charge in [-0.25, -0.2) is 27.0 Å². The predicted molar refractivity (Wildman–Crippen MR) is 122 cm³/mol. The summed E-state index contributed by atoms with van der Waals surface area (Å²) in [5.41, 5.74) is 0.233. The smallest absolute Gasteiger partial charge is 0.410 e. The van der Waals surface area contributed by atoms with Gasteiger partial charge in [-0.05, 0) is 75.4 Å². The van der Waals surface area contributed by atoms with Gasteiger partial charge < -0.3 is 14.1 Å². The third kappa shape index (κ3) is 5.06. The molecule has 4 rings (SSSR count). The highest BCUT2D eigenvalue weighted by molar-refractivity contribution is 7.90. The molecule has 0 N–H and O–H groups in total. The van der Waals surface area contributed by atoms with E-state index < -0.39 is 27.1 Å². The lowest BCUT2D eigenvalue weighted by atomic mass is 9.89. The van der Waals surface area contributed by atoms with Crippen LogP contribution in [0.3, 0.4) is 0 Å². The fraction of sp³-hybridized carbons (Fsp3) is 0.417. The molecule has 1 aliphatic heterocycles. The Bertz CT molecular complexity index is 1350. The molecular formula is C24H26F2N2O5S. The van der Waals surface area contributed by atoms with E-state index in [0.717, 1.165) is 17.9 Å². The second kappa shape index (κ2) is 8.65. The van der Waals surface area contributed by atoms with E-state index in [0.29, 0.717) is 25.9 Å². The molecule has 1 aliphatic rings. The molecule has 0 aliphatic carbocycles. The lowest BCUT2D eigenvalue weighted by Gasteiger charge is -2.33. The Kier molecular flexibility index (Phi) is 6.14. The molecule has 2 heterocycles. The number of amides is 1. The first-order chi connectivity index (χ1) is 15.8. The van der Waals surface area contributed by atoms with Gasteiger partial charge in [-0.1, -0.05) is 0 Å². The standard InChI is InChI=1S/C24H26F2N2O5S/c1-24(2,3)33-23(29)28-9-7-14(8-10-28)15-11-19(26)21-20(12-15)27-22(32-21)17-6-5-16(13-18(17)25)34(4,30)31/h5-6,11-14H,7-10H2,1-4H3. The van der Waals surface area contributed by atoms with Gasteiger partial charge in [0.15, 0.2) is 21.2 Å².